The molecular formula is C25H35N3O8. The third-order valence-corrected chi connectivity index (χ3v) is 5.75. The molecule has 1 aliphatic heterocycles. The van der Waals surface area contributed by atoms with Gasteiger partial charge in [-0.3, -0.25) is 28.7 Å². The van der Waals surface area contributed by atoms with Crippen LogP contribution in [0.3, 0.4) is 0 Å². The van der Waals surface area contributed by atoms with Crippen LogP contribution >= 0.6 is 0 Å². The molecule has 0 aliphatic carbocycles. The van der Waals surface area contributed by atoms with Crippen LogP contribution in [0.5, 0.6) is 0 Å². The first kappa shape index (κ1) is 28.8. The van der Waals surface area contributed by atoms with Gasteiger partial charge < -0.3 is 19.5 Å². The number of nitrogens with zero attached hydrogens (tertiary/aromatic N) is 1. The SMILES string of the molecule is C#CCCCCCCCCC(=O)NCc1cn(C2CC(OC(C)=O)C(COC(C)=O)O2)c(=O)[nH]c1=O. The molecule has 2 rings (SSSR count). The highest BCUT2D eigenvalue weighted by atomic mass is 16.6. The lowest BCUT2D eigenvalue weighted by Gasteiger charge is -2.17. The Hall–Kier alpha value is -3.39. The molecule has 11 heteroatoms. The van der Waals surface area contributed by atoms with Gasteiger partial charge in [0.15, 0.2) is 0 Å². The smallest absolute Gasteiger partial charge is 0.330 e. The summed E-state index contributed by atoms with van der Waals surface area (Å²) < 4.78 is 17.2. The molecule has 1 aromatic rings. The van der Waals surface area contributed by atoms with Gasteiger partial charge in [-0.25, -0.2) is 4.79 Å². The van der Waals surface area contributed by atoms with Crippen LogP contribution < -0.4 is 16.6 Å². The molecule has 1 fully saturated rings. The lowest BCUT2D eigenvalue weighted by molar-refractivity contribution is -0.155. The number of H-pyrrole nitrogens is 1. The number of terminal acetylenes is 1. The fraction of sp³-hybridized carbons (Fsp3) is 0.640. The van der Waals surface area contributed by atoms with Gasteiger partial charge in [-0.2, -0.15) is 0 Å². The number of unbranched alkanes of at least 4 members (excludes halogenated alkanes) is 6. The van der Waals surface area contributed by atoms with E-state index in [0.29, 0.717) is 6.42 Å². The largest absolute Gasteiger partial charge is 0.463 e. The Kier molecular flexibility index (Phi) is 11.9. The van der Waals surface area contributed by atoms with Crippen molar-refractivity contribution in [3.8, 4) is 12.3 Å². The van der Waals surface area contributed by atoms with E-state index in [1.807, 2.05) is 0 Å². The molecule has 0 bridgehead atoms. The molecule has 3 atom stereocenters. The summed E-state index contributed by atoms with van der Waals surface area (Å²) in [6.07, 6.45) is 11.3. The van der Waals surface area contributed by atoms with E-state index >= 15 is 0 Å². The zero-order valence-electron chi connectivity index (χ0n) is 20.9. The topological polar surface area (TPSA) is 146 Å². The van der Waals surface area contributed by atoms with Gasteiger partial charge in [0.05, 0.1) is 5.56 Å². The van der Waals surface area contributed by atoms with Crippen molar-refractivity contribution in [1.82, 2.24) is 14.9 Å². The lowest BCUT2D eigenvalue weighted by Crippen LogP contribution is -2.36. The van der Waals surface area contributed by atoms with Crippen LogP contribution in [0.1, 0.15) is 83.4 Å². The van der Waals surface area contributed by atoms with Crippen LogP contribution in [-0.4, -0.2) is 46.2 Å². The first-order valence-electron chi connectivity index (χ1n) is 12.2. The molecule has 0 saturated carbocycles. The minimum Gasteiger partial charge on any atom is -0.463 e. The Morgan fingerprint density at radius 2 is 1.83 bits per heavy atom. The summed E-state index contributed by atoms with van der Waals surface area (Å²) in [5.41, 5.74) is -1.15. The standard InChI is InChI=1S/C25H35N3O8/c1-4-5-6-7-8-9-10-11-12-22(31)26-14-19-15-28(25(33)27-24(19)32)23-13-20(35-18(3)30)21(36-23)16-34-17(2)29/h1,15,20-21,23H,5-14,16H2,2-3H3,(H,26,31)(H,27,32,33). The highest BCUT2D eigenvalue weighted by Gasteiger charge is 2.39. The van der Waals surface area contributed by atoms with Crippen LogP contribution in [0.2, 0.25) is 0 Å². The van der Waals surface area contributed by atoms with E-state index in [1.165, 1.54) is 24.6 Å². The van der Waals surface area contributed by atoms with Crippen molar-refractivity contribution < 1.29 is 28.6 Å². The molecule has 1 aliphatic rings. The monoisotopic (exact) mass is 505 g/mol. The zero-order chi connectivity index (χ0) is 26.5. The van der Waals surface area contributed by atoms with Gasteiger partial charge in [0, 0.05) is 45.9 Å². The number of rotatable bonds is 14. The highest BCUT2D eigenvalue weighted by Crippen LogP contribution is 2.30. The van der Waals surface area contributed by atoms with Crippen molar-refractivity contribution in [3.63, 3.8) is 0 Å². The van der Waals surface area contributed by atoms with Crippen molar-refractivity contribution in [3.05, 3.63) is 32.6 Å². The summed E-state index contributed by atoms with van der Waals surface area (Å²) in [6, 6.07) is 0. The molecular weight excluding hydrogens is 470 g/mol. The molecule has 2 heterocycles. The van der Waals surface area contributed by atoms with E-state index in [4.69, 9.17) is 20.6 Å². The molecule has 3 unspecified atom stereocenters. The molecule has 1 amide bonds. The predicted molar refractivity (Wildman–Crippen MR) is 130 cm³/mol. The minimum absolute atomic E-state index is 0.0580. The highest BCUT2D eigenvalue weighted by molar-refractivity contribution is 5.75. The fourth-order valence-corrected chi connectivity index (χ4v) is 3.93. The molecule has 0 spiro atoms. The molecule has 36 heavy (non-hydrogen) atoms. The maximum absolute atomic E-state index is 12.4. The minimum atomic E-state index is -0.866. The van der Waals surface area contributed by atoms with Crippen molar-refractivity contribution in [2.75, 3.05) is 6.61 Å². The van der Waals surface area contributed by atoms with E-state index in [0.717, 1.165) is 44.9 Å². The van der Waals surface area contributed by atoms with Crippen LogP contribution in [0.15, 0.2) is 15.8 Å². The number of ether oxygens (including phenoxy) is 3. The predicted octanol–water partition coefficient (Wildman–Crippen LogP) is 1.69. The molecule has 1 aromatic heterocycles. The number of carbonyl (C=O) groups excluding carboxylic acids is 3. The summed E-state index contributed by atoms with van der Waals surface area (Å²) in [5, 5.41) is 2.71. The summed E-state index contributed by atoms with van der Waals surface area (Å²) in [7, 11) is 0. The molecule has 11 nitrogen and oxygen atoms in total. The summed E-state index contributed by atoms with van der Waals surface area (Å²) in [4.78, 5) is 61.8. The normalized spacial score (nSPS) is 18.9. The second-order valence-corrected chi connectivity index (χ2v) is 8.74. The van der Waals surface area contributed by atoms with Crippen molar-refractivity contribution >= 4 is 17.8 Å². The van der Waals surface area contributed by atoms with Crippen LogP contribution in [0.25, 0.3) is 0 Å². The van der Waals surface area contributed by atoms with E-state index in [-0.39, 0.29) is 31.0 Å². The van der Waals surface area contributed by atoms with Crippen molar-refractivity contribution in [2.24, 2.45) is 0 Å². The van der Waals surface area contributed by atoms with Gasteiger partial charge in [0.25, 0.3) is 5.56 Å². The zero-order valence-corrected chi connectivity index (χ0v) is 20.9. The maximum atomic E-state index is 12.4. The summed E-state index contributed by atoms with van der Waals surface area (Å²) in [5.74, 6) is 1.36. The van der Waals surface area contributed by atoms with Gasteiger partial charge in [-0.1, -0.05) is 25.7 Å². The molecule has 2 N–H and O–H groups in total. The van der Waals surface area contributed by atoms with Crippen molar-refractivity contribution in [2.45, 2.75) is 96.6 Å². The van der Waals surface area contributed by atoms with Gasteiger partial charge in [-0.05, 0) is 12.8 Å². The second-order valence-electron chi connectivity index (χ2n) is 8.74. The molecule has 0 radical (unpaired) electrons. The van der Waals surface area contributed by atoms with E-state index in [1.54, 1.807) is 0 Å². The summed E-state index contributed by atoms with van der Waals surface area (Å²) >= 11 is 0. The first-order valence-corrected chi connectivity index (χ1v) is 12.2. The Balaban J connectivity index is 1.92. The Morgan fingerprint density at radius 3 is 2.50 bits per heavy atom. The Labute approximate surface area is 209 Å². The number of amides is 1. The quantitative estimate of drug-likeness (QED) is 0.221. The second kappa shape index (κ2) is 14.9. The number of nitrogens with one attached hydrogen (secondary N) is 2. The average molecular weight is 506 g/mol. The number of hydrogen-bond acceptors (Lipinski definition) is 8. The Bertz CT molecular complexity index is 1050. The van der Waals surface area contributed by atoms with Crippen LogP contribution in [0.4, 0.5) is 0 Å². The number of aromatic nitrogens is 2. The molecule has 0 aromatic carbocycles. The summed E-state index contributed by atoms with van der Waals surface area (Å²) in [6.45, 7) is 2.26. The van der Waals surface area contributed by atoms with E-state index in [9.17, 15) is 24.0 Å². The third kappa shape index (κ3) is 9.70. The van der Waals surface area contributed by atoms with Crippen molar-refractivity contribution in [1.29, 1.82) is 0 Å². The van der Waals surface area contributed by atoms with Crippen LogP contribution in [-0.2, 0) is 35.1 Å². The number of carbonyl (C=O) groups is 3. The molecule has 198 valence electrons. The van der Waals surface area contributed by atoms with Gasteiger partial charge in [0.2, 0.25) is 5.91 Å². The van der Waals surface area contributed by atoms with Gasteiger partial charge in [-0.15, -0.1) is 12.3 Å². The fourth-order valence-electron chi connectivity index (χ4n) is 3.93. The number of hydrogen-bond donors (Lipinski definition) is 2. The lowest BCUT2D eigenvalue weighted by atomic mass is 10.1. The van der Waals surface area contributed by atoms with Gasteiger partial charge >= 0.3 is 17.6 Å². The van der Waals surface area contributed by atoms with Crippen LogP contribution in [0, 0.1) is 12.3 Å². The van der Waals surface area contributed by atoms with Gasteiger partial charge in [0.1, 0.15) is 25.0 Å². The maximum Gasteiger partial charge on any atom is 0.330 e. The number of aromatic amines is 1. The average Bonchev–Trinajstić information content (AvgIpc) is 3.20. The number of esters is 2. The third-order valence-electron chi connectivity index (χ3n) is 5.75. The molecule has 1 saturated heterocycles. The Morgan fingerprint density at radius 1 is 1.14 bits per heavy atom. The first-order chi connectivity index (χ1) is 17.2. The van der Waals surface area contributed by atoms with E-state index in [2.05, 4.69) is 16.2 Å². The van der Waals surface area contributed by atoms with E-state index < -0.39 is 41.6 Å².